The highest BCUT2D eigenvalue weighted by molar-refractivity contribution is 6.30. The molecule has 40 heavy (non-hydrogen) atoms. The summed E-state index contributed by atoms with van der Waals surface area (Å²) < 4.78 is 135. The summed E-state index contributed by atoms with van der Waals surface area (Å²) in [5, 5.41) is 4.40. The van der Waals surface area contributed by atoms with Crippen LogP contribution >= 0.6 is 11.6 Å². The summed E-state index contributed by atoms with van der Waals surface area (Å²) in [5.74, 6) is -2.58. The molecule has 1 aliphatic rings. The Bertz CT molecular complexity index is 1330. The van der Waals surface area contributed by atoms with Crippen LogP contribution in [0, 0.1) is 18.2 Å². The van der Waals surface area contributed by atoms with Gasteiger partial charge in [0.25, 0.3) is 11.5 Å². The molecule has 0 bridgehead atoms. The summed E-state index contributed by atoms with van der Waals surface area (Å²) in [7, 11) is 0. The molecule has 1 atom stereocenters. The maximum Gasteiger partial charge on any atom is 0.435 e. The number of nitrogens with one attached hydrogen (secondary N) is 1. The topological polar surface area (TPSA) is 50.7 Å². The molecule has 1 N–H and O–H groups in total. The maximum absolute atomic E-state index is 14.6. The first kappa shape index (κ1) is 31.5. The molecule has 1 fully saturated rings. The molecule has 3 rings (SSSR count). The van der Waals surface area contributed by atoms with Gasteiger partial charge in [-0.3, -0.25) is 4.79 Å². The summed E-state index contributed by atoms with van der Waals surface area (Å²) >= 11 is 5.45. The SMILES string of the molecule is C/C(=N\OC(C)(c1cc(C(F)(F)F)cc(Cl)c1F)C(F)(F)F)c1ccc(C(=O)NCC2(C(F)(F)F)CC2)c(C)c1. The first-order valence-electron chi connectivity index (χ1n) is 11.5. The zero-order valence-electron chi connectivity index (χ0n) is 20.9. The van der Waals surface area contributed by atoms with Crippen molar-refractivity contribution in [3.8, 4) is 0 Å². The monoisotopic (exact) mass is 606 g/mol. The zero-order valence-corrected chi connectivity index (χ0v) is 21.7. The average molecular weight is 607 g/mol. The average Bonchev–Trinajstić information content (AvgIpc) is 3.62. The number of halogens is 11. The molecule has 1 unspecified atom stereocenters. The lowest BCUT2D eigenvalue weighted by atomic mass is 9.92. The van der Waals surface area contributed by atoms with Crippen molar-refractivity contribution >= 4 is 23.2 Å². The fourth-order valence-corrected chi connectivity index (χ4v) is 3.98. The van der Waals surface area contributed by atoms with Crippen LogP contribution in [0.1, 0.15) is 59.3 Å². The van der Waals surface area contributed by atoms with Gasteiger partial charge in [0, 0.05) is 17.7 Å². The molecule has 0 spiro atoms. The van der Waals surface area contributed by atoms with Crippen LogP contribution in [0.15, 0.2) is 35.5 Å². The summed E-state index contributed by atoms with van der Waals surface area (Å²) in [6.45, 7) is 2.27. The molecule has 0 radical (unpaired) electrons. The fraction of sp³-hybridized carbons (Fsp3) is 0.440. The number of carbonyl (C=O) groups is 1. The molecule has 15 heteroatoms. The number of benzene rings is 2. The first-order valence-corrected chi connectivity index (χ1v) is 11.8. The van der Waals surface area contributed by atoms with Crippen molar-refractivity contribution in [3.05, 3.63) is 69.0 Å². The number of carbonyl (C=O) groups excluding carboxylic acids is 1. The Kier molecular flexibility index (Phi) is 8.21. The Balaban J connectivity index is 1.88. The molecule has 1 amide bonds. The number of nitrogens with zero attached hydrogens (tertiary/aromatic N) is 1. The van der Waals surface area contributed by atoms with Crippen molar-refractivity contribution in [2.75, 3.05) is 6.54 Å². The summed E-state index contributed by atoms with van der Waals surface area (Å²) in [6, 6.07) is 3.80. The number of hydrogen-bond donors (Lipinski definition) is 1. The van der Waals surface area contributed by atoms with Crippen LogP contribution in [0.25, 0.3) is 0 Å². The first-order chi connectivity index (χ1) is 18.1. The smallest absolute Gasteiger partial charge is 0.375 e. The number of amides is 1. The lowest BCUT2D eigenvalue weighted by Gasteiger charge is -2.31. The molecule has 4 nitrogen and oxygen atoms in total. The minimum absolute atomic E-state index is 0.00347. The highest BCUT2D eigenvalue weighted by atomic mass is 35.5. The second kappa shape index (κ2) is 10.4. The summed E-state index contributed by atoms with van der Waals surface area (Å²) in [4.78, 5) is 17.1. The van der Waals surface area contributed by atoms with Gasteiger partial charge >= 0.3 is 18.5 Å². The van der Waals surface area contributed by atoms with Crippen LogP contribution in [-0.2, 0) is 16.6 Å². The number of alkyl halides is 9. The minimum atomic E-state index is -5.46. The molecule has 0 heterocycles. The lowest BCUT2D eigenvalue weighted by Crippen LogP contribution is -2.42. The third kappa shape index (κ3) is 6.16. The molecule has 220 valence electrons. The fourth-order valence-electron chi connectivity index (χ4n) is 3.77. The van der Waals surface area contributed by atoms with E-state index in [1.807, 2.05) is 0 Å². The standard InChI is InChI=1S/C25H21ClF10N2O2/c1-12-8-14(4-5-16(12)20(39)37-11-22(6-7-22)25(34,35)36)13(2)38-40-21(3,24(31,32)33)17-9-15(23(28,29)30)10-18(26)19(17)27/h4-5,8-10H,6-7,11H2,1-3H3,(H,37,39)/b38-13+. The third-order valence-electron chi connectivity index (χ3n) is 6.71. The molecule has 0 aromatic heterocycles. The van der Waals surface area contributed by atoms with Crippen molar-refractivity contribution in [2.45, 2.75) is 57.7 Å². The van der Waals surface area contributed by atoms with Gasteiger partial charge in [-0.25, -0.2) is 4.39 Å². The molecular weight excluding hydrogens is 586 g/mol. The van der Waals surface area contributed by atoms with E-state index >= 15 is 0 Å². The van der Waals surface area contributed by atoms with Crippen LogP contribution in [0.4, 0.5) is 43.9 Å². The van der Waals surface area contributed by atoms with E-state index in [4.69, 9.17) is 11.6 Å². The quantitative estimate of drug-likeness (QED) is 0.197. The molecule has 0 aliphatic heterocycles. The van der Waals surface area contributed by atoms with E-state index in [-0.39, 0.29) is 54.3 Å². The molecule has 2 aromatic carbocycles. The predicted octanol–water partition coefficient (Wildman–Crippen LogP) is 8.10. The Labute approximate surface area is 226 Å². The van der Waals surface area contributed by atoms with Gasteiger partial charge in [-0.2, -0.15) is 39.5 Å². The van der Waals surface area contributed by atoms with E-state index in [9.17, 15) is 48.7 Å². The Morgan fingerprint density at radius 1 is 1.05 bits per heavy atom. The van der Waals surface area contributed by atoms with Gasteiger partial charge in [0.1, 0.15) is 5.82 Å². The number of hydrogen-bond acceptors (Lipinski definition) is 3. The van der Waals surface area contributed by atoms with E-state index in [1.54, 1.807) is 0 Å². The van der Waals surface area contributed by atoms with Crippen molar-refractivity contribution in [2.24, 2.45) is 10.6 Å². The van der Waals surface area contributed by atoms with Crippen molar-refractivity contribution in [3.63, 3.8) is 0 Å². The van der Waals surface area contributed by atoms with E-state index < -0.39 is 64.0 Å². The van der Waals surface area contributed by atoms with Gasteiger partial charge in [0.05, 0.1) is 21.7 Å². The van der Waals surface area contributed by atoms with E-state index in [0.717, 1.165) is 0 Å². The number of aryl methyl sites for hydroxylation is 1. The second-order valence-electron chi connectivity index (χ2n) is 9.61. The van der Waals surface area contributed by atoms with Crippen molar-refractivity contribution in [1.82, 2.24) is 5.32 Å². The normalized spacial score (nSPS) is 17.3. The van der Waals surface area contributed by atoms with Crippen LogP contribution in [0.3, 0.4) is 0 Å². The van der Waals surface area contributed by atoms with Gasteiger partial charge in [0.2, 0.25) is 0 Å². The van der Waals surface area contributed by atoms with E-state index in [1.165, 1.54) is 32.0 Å². The third-order valence-corrected chi connectivity index (χ3v) is 6.98. The van der Waals surface area contributed by atoms with Crippen molar-refractivity contribution in [1.29, 1.82) is 0 Å². The van der Waals surface area contributed by atoms with Crippen LogP contribution in [0.2, 0.25) is 5.02 Å². The Morgan fingerprint density at radius 2 is 1.65 bits per heavy atom. The largest absolute Gasteiger partial charge is 0.435 e. The second-order valence-corrected chi connectivity index (χ2v) is 10.0. The van der Waals surface area contributed by atoms with Gasteiger partial charge < -0.3 is 10.2 Å². The summed E-state index contributed by atoms with van der Waals surface area (Å²) in [5.41, 5.74) is -8.76. The van der Waals surface area contributed by atoms with Crippen LogP contribution in [-0.4, -0.2) is 30.5 Å². The Hall–Kier alpha value is -3.03. The zero-order chi connectivity index (χ0) is 30.5. The van der Waals surface area contributed by atoms with Gasteiger partial charge in [-0.05, 0) is 69.0 Å². The molecule has 1 aliphatic carbocycles. The number of oxime groups is 1. The molecule has 1 saturated carbocycles. The highest BCUT2D eigenvalue weighted by Crippen LogP contribution is 2.57. The van der Waals surface area contributed by atoms with E-state index in [0.29, 0.717) is 0 Å². The van der Waals surface area contributed by atoms with Crippen molar-refractivity contribution < 1.29 is 53.5 Å². The van der Waals surface area contributed by atoms with Gasteiger partial charge in [-0.15, -0.1) is 0 Å². The molecule has 0 saturated heterocycles. The maximum atomic E-state index is 14.6. The number of rotatable bonds is 7. The molecular formula is C25H21ClF10N2O2. The highest BCUT2D eigenvalue weighted by Gasteiger charge is 2.63. The van der Waals surface area contributed by atoms with E-state index in [2.05, 4.69) is 15.3 Å². The van der Waals surface area contributed by atoms with Crippen LogP contribution in [0.5, 0.6) is 0 Å². The minimum Gasteiger partial charge on any atom is -0.375 e. The molecule has 2 aromatic rings. The summed E-state index contributed by atoms with van der Waals surface area (Å²) in [6.07, 6.45) is -15.3. The van der Waals surface area contributed by atoms with Gasteiger partial charge in [-0.1, -0.05) is 22.8 Å². The Morgan fingerprint density at radius 3 is 2.12 bits per heavy atom. The van der Waals surface area contributed by atoms with Gasteiger partial charge in [0.15, 0.2) is 0 Å². The lowest BCUT2D eigenvalue weighted by molar-refractivity contribution is -0.279. The predicted molar refractivity (Wildman–Crippen MR) is 124 cm³/mol. The van der Waals surface area contributed by atoms with Crippen LogP contribution < -0.4 is 5.32 Å².